The van der Waals surface area contributed by atoms with Gasteiger partial charge in [-0.3, -0.25) is 0 Å². The average molecular weight is 317 g/mol. The van der Waals surface area contributed by atoms with Crippen LogP contribution in [0.2, 0.25) is 0 Å². The molecule has 0 aromatic rings. The van der Waals surface area contributed by atoms with Gasteiger partial charge in [-0.25, -0.2) is 0 Å². The summed E-state index contributed by atoms with van der Waals surface area (Å²) < 4.78 is 0. The minimum Gasteiger partial charge on any atom is -0.0888 e. The Kier molecular flexibility index (Phi) is 8.63. The maximum atomic E-state index is 3.78. The monoisotopic (exact) mass is 316 g/mol. The Balaban J connectivity index is 1.79. The quantitative estimate of drug-likeness (QED) is 0.272. The summed E-state index contributed by atoms with van der Waals surface area (Å²) in [4.78, 5) is 0.739. The van der Waals surface area contributed by atoms with Crippen molar-refractivity contribution in [3.05, 3.63) is 0 Å². The van der Waals surface area contributed by atoms with Gasteiger partial charge in [-0.05, 0) is 24.7 Å². The van der Waals surface area contributed by atoms with E-state index >= 15 is 0 Å². The van der Waals surface area contributed by atoms with Crippen molar-refractivity contribution in [2.45, 2.75) is 102 Å². The van der Waals surface area contributed by atoms with Crippen LogP contribution in [0.5, 0.6) is 0 Å². The van der Waals surface area contributed by atoms with Gasteiger partial charge in [-0.2, -0.15) is 0 Å². The molecule has 0 nitrogen and oxygen atoms in total. The summed E-state index contributed by atoms with van der Waals surface area (Å²) in [5, 5.41) is 0. The molecule has 0 heterocycles. The number of rotatable bonds is 12. The highest BCUT2D eigenvalue weighted by Gasteiger charge is 2.45. The van der Waals surface area contributed by atoms with E-state index in [1.54, 1.807) is 0 Å². The minimum absolute atomic E-state index is 0.708. The Morgan fingerprint density at radius 3 is 1.67 bits per heavy atom. The lowest BCUT2D eigenvalue weighted by Gasteiger charge is -2.17. The molecule has 1 atom stereocenters. The van der Waals surface area contributed by atoms with E-state index < -0.39 is 0 Å². The third-order valence-corrected chi connectivity index (χ3v) is 5.74. The Morgan fingerprint density at radius 1 is 0.833 bits per heavy atom. The lowest BCUT2D eigenvalue weighted by molar-refractivity contribution is 0.431. The Labute approximate surface area is 123 Å². The van der Waals surface area contributed by atoms with Gasteiger partial charge in [0.2, 0.25) is 0 Å². The first-order chi connectivity index (χ1) is 8.71. The van der Waals surface area contributed by atoms with E-state index in [0.29, 0.717) is 5.41 Å². The summed E-state index contributed by atoms with van der Waals surface area (Å²) in [6, 6.07) is 0. The van der Waals surface area contributed by atoms with E-state index in [2.05, 4.69) is 29.8 Å². The molecule has 1 aliphatic rings. The summed E-state index contributed by atoms with van der Waals surface area (Å²) in [7, 11) is 0. The van der Waals surface area contributed by atoms with E-state index in [9.17, 15) is 0 Å². The predicted molar refractivity (Wildman–Crippen MR) is 86.5 cm³/mol. The van der Waals surface area contributed by atoms with E-state index in [4.69, 9.17) is 0 Å². The minimum atomic E-state index is 0.708. The lowest BCUT2D eigenvalue weighted by Crippen LogP contribution is -2.11. The van der Waals surface area contributed by atoms with Crippen molar-refractivity contribution in [1.82, 2.24) is 0 Å². The van der Waals surface area contributed by atoms with Crippen LogP contribution in [0.15, 0.2) is 0 Å². The van der Waals surface area contributed by atoms with Gasteiger partial charge >= 0.3 is 0 Å². The summed E-state index contributed by atoms with van der Waals surface area (Å²) >= 11 is 3.78. The molecule has 18 heavy (non-hydrogen) atoms. The second-order valence-corrected chi connectivity index (χ2v) is 7.78. The van der Waals surface area contributed by atoms with E-state index in [0.717, 1.165) is 4.83 Å². The highest BCUT2D eigenvalue weighted by molar-refractivity contribution is 9.09. The first-order valence-electron chi connectivity index (χ1n) is 8.35. The second kappa shape index (κ2) is 9.39. The number of hydrogen-bond acceptors (Lipinski definition) is 0. The van der Waals surface area contributed by atoms with Gasteiger partial charge in [0.15, 0.2) is 0 Å². The predicted octanol–water partition coefficient (Wildman–Crippen LogP) is 6.86. The fraction of sp³-hybridized carbons (Fsp3) is 1.00. The fourth-order valence-corrected chi connectivity index (χ4v) is 3.66. The van der Waals surface area contributed by atoms with Gasteiger partial charge in [0, 0.05) is 4.83 Å². The molecule has 0 saturated heterocycles. The Morgan fingerprint density at radius 2 is 1.28 bits per heavy atom. The van der Waals surface area contributed by atoms with Crippen molar-refractivity contribution >= 4 is 15.9 Å². The van der Waals surface area contributed by atoms with E-state index in [-0.39, 0.29) is 0 Å². The smallest absolute Gasteiger partial charge is 0.0173 e. The van der Waals surface area contributed by atoms with Gasteiger partial charge in [-0.1, -0.05) is 94.0 Å². The van der Waals surface area contributed by atoms with Crippen LogP contribution in [0.1, 0.15) is 97.3 Å². The molecule has 0 aromatic heterocycles. The van der Waals surface area contributed by atoms with Crippen LogP contribution in [-0.2, 0) is 0 Å². The Hall–Kier alpha value is 0.480. The summed E-state index contributed by atoms with van der Waals surface area (Å²) in [6.07, 6.45) is 19.0. The molecule has 0 aromatic carbocycles. The molecular weight excluding hydrogens is 284 g/mol. The molecule has 1 rings (SSSR count). The molecule has 0 aliphatic heterocycles. The topological polar surface area (TPSA) is 0 Å². The SMILES string of the molecule is CCCCCCCCCCCCC1(C(C)Br)CC1. The van der Waals surface area contributed by atoms with Crippen LogP contribution in [0.25, 0.3) is 0 Å². The number of hydrogen-bond donors (Lipinski definition) is 0. The molecule has 1 saturated carbocycles. The lowest BCUT2D eigenvalue weighted by atomic mass is 9.95. The van der Waals surface area contributed by atoms with Crippen molar-refractivity contribution in [3.63, 3.8) is 0 Å². The van der Waals surface area contributed by atoms with Crippen molar-refractivity contribution in [2.24, 2.45) is 5.41 Å². The van der Waals surface area contributed by atoms with Crippen LogP contribution in [0.3, 0.4) is 0 Å². The summed E-state index contributed by atoms with van der Waals surface area (Å²) in [5.74, 6) is 0. The molecule has 0 N–H and O–H groups in total. The highest BCUT2D eigenvalue weighted by atomic mass is 79.9. The maximum absolute atomic E-state index is 3.78. The molecule has 0 amide bonds. The van der Waals surface area contributed by atoms with Crippen LogP contribution in [0, 0.1) is 5.41 Å². The van der Waals surface area contributed by atoms with Gasteiger partial charge in [-0.15, -0.1) is 0 Å². The maximum Gasteiger partial charge on any atom is 0.0173 e. The normalized spacial score (nSPS) is 18.8. The average Bonchev–Trinajstić information content (AvgIpc) is 3.13. The number of unbranched alkanes of at least 4 members (excludes halogenated alkanes) is 9. The van der Waals surface area contributed by atoms with Gasteiger partial charge < -0.3 is 0 Å². The molecule has 1 fully saturated rings. The zero-order valence-corrected chi connectivity index (χ0v) is 14.2. The number of alkyl halides is 1. The molecular formula is C17H33Br. The van der Waals surface area contributed by atoms with Gasteiger partial charge in [0.05, 0.1) is 0 Å². The fourth-order valence-electron chi connectivity index (χ4n) is 2.97. The zero-order chi connectivity index (χ0) is 13.3. The van der Waals surface area contributed by atoms with Crippen molar-refractivity contribution in [2.75, 3.05) is 0 Å². The molecule has 0 spiro atoms. The standard InChI is InChI=1S/C17H33Br/c1-3-4-5-6-7-8-9-10-11-12-13-17(14-15-17)16(2)18/h16H,3-15H2,1-2H3. The third kappa shape index (κ3) is 6.59. The molecule has 0 radical (unpaired) electrons. The Bertz CT molecular complexity index is 194. The summed E-state index contributed by atoms with van der Waals surface area (Å²) in [5.41, 5.74) is 0.708. The highest BCUT2D eigenvalue weighted by Crippen LogP contribution is 2.55. The van der Waals surface area contributed by atoms with E-state index in [1.807, 2.05) is 0 Å². The second-order valence-electron chi connectivity index (χ2n) is 6.41. The number of halogens is 1. The van der Waals surface area contributed by atoms with Gasteiger partial charge in [0.1, 0.15) is 0 Å². The first-order valence-corrected chi connectivity index (χ1v) is 9.27. The summed E-state index contributed by atoms with van der Waals surface area (Å²) in [6.45, 7) is 4.63. The van der Waals surface area contributed by atoms with E-state index in [1.165, 1.54) is 83.5 Å². The van der Waals surface area contributed by atoms with Crippen LogP contribution in [0.4, 0.5) is 0 Å². The van der Waals surface area contributed by atoms with Crippen molar-refractivity contribution in [1.29, 1.82) is 0 Å². The van der Waals surface area contributed by atoms with Crippen molar-refractivity contribution < 1.29 is 0 Å². The molecule has 1 aliphatic carbocycles. The van der Waals surface area contributed by atoms with Crippen molar-refractivity contribution in [3.8, 4) is 0 Å². The first kappa shape index (κ1) is 16.5. The van der Waals surface area contributed by atoms with Crippen LogP contribution < -0.4 is 0 Å². The molecule has 108 valence electrons. The zero-order valence-electron chi connectivity index (χ0n) is 12.6. The molecule has 1 unspecified atom stereocenters. The van der Waals surface area contributed by atoms with Crippen LogP contribution >= 0.6 is 15.9 Å². The van der Waals surface area contributed by atoms with Gasteiger partial charge in [0.25, 0.3) is 0 Å². The molecule has 1 heteroatoms. The largest absolute Gasteiger partial charge is 0.0888 e. The molecule has 0 bridgehead atoms. The third-order valence-electron chi connectivity index (χ3n) is 4.76. The van der Waals surface area contributed by atoms with Crippen LogP contribution in [-0.4, -0.2) is 4.83 Å².